The number of aromatic nitrogens is 1. The lowest BCUT2D eigenvalue weighted by atomic mass is 9.98. The molecule has 1 aliphatic heterocycles. The van der Waals surface area contributed by atoms with Crippen LogP contribution in [0.25, 0.3) is 0 Å². The second kappa shape index (κ2) is 5.56. The Kier molecular flexibility index (Phi) is 4.04. The number of nitrogens with zero attached hydrogens (tertiary/aromatic N) is 1. The van der Waals surface area contributed by atoms with E-state index < -0.39 is 11.9 Å². The Balaban J connectivity index is 2.16. The molecule has 0 saturated carbocycles. The predicted molar refractivity (Wildman–Crippen MR) is 71.0 cm³/mol. The van der Waals surface area contributed by atoms with Crippen LogP contribution in [0.2, 0.25) is 0 Å². The largest absolute Gasteiger partial charge is 0.481 e. The monoisotopic (exact) mass is 328 g/mol. The Morgan fingerprint density at radius 1 is 1.47 bits per heavy atom. The van der Waals surface area contributed by atoms with Crippen molar-refractivity contribution < 1.29 is 14.7 Å². The molecule has 1 unspecified atom stereocenters. The molecule has 1 aromatic rings. The zero-order valence-corrected chi connectivity index (χ0v) is 11.6. The lowest BCUT2D eigenvalue weighted by Crippen LogP contribution is -2.42. The number of rotatable bonds is 2. The molecule has 102 valence electrons. The summed E-state index contributed by atoms with van der Waals surface area (Å²) in [6, 6.07) is 1.45. The molecule has 1 fully saturated rings. The number of piperidine rings is 1. The number of amides is 1. The summed E-state index contributed by atoms with van der Waals surface area (Å²) in [5.74, 6) is -1.65. The maximum atomic E-state index is 12.2. The van der Waals surface area contributed by atoms with E-state index in [0.717, 1.165) is 0 Å². The molecule has 0 spiro atoms. The number of halogens is 1. The average Bonchev–Trinajstić information content (AvgIpc) is 2.41. The van der Waals surface area contributed by atoms with Gasteiger partial charge in [0.2, 0.25) is 0 Å². The summed E-state index contributed by atoms with van der Waals surface area (Å²) in [6.07, 6.45) is 2.61. The van der Waals surface area contributed by atoms with Gasteiger partial charge in [-0.15, -0.1) is 0 Å². The molecule has 2 heterocycles. The van der Waals surface area contributed by atoms with Gasteiger partial charge in [-0.2, -0.15) is 0 Å². The lowest BCUT2D eigenvalue weighted by Gasteiger charge is -2.30. The zero-order chi connectivity index (χ0) is 14.0. The first-order valence-electron chi connectivity index (χ1n) is 5.89. The summed E-state index contributed by atoms with van der Waals surface area (Å²) < 4.78 is 0.283. The highest BCUT2D eigenvalue weighted by molar-refractivity contribution is 9.10. The van der Waals surface area contributed by atoms with E-state index in [1.165, 1.54) is 17.2 Å². The SMILES string of the molecule is O=C(O)C1CCCN(C(=O)c2c[nH]c(=O)c(Br)c2)C1. The Morgan fingerprint density at radius 2 is 2.21 bits per heavy atom. The van der Waals surface area contributed by atoms with Crippen LogP contribution in [0.4, 0.5) is 0 Å². The van der Waals surface area contributed by atoms with Gasteiger partial charge in [-0.3, -0.25) is 14.4 Å². The van der Waals surface area contributed by atoms with Crippen molar-refractivity contribution in [3.63, 3.8) is 0 Å². The molecule has 2 rings (SSSR count). The van der Waals surface area contributed by atoms with Crippen molar-refractivity contribution in [2.24, 2.45) is 5.92 Å². The first kappa shape index (κ1) is 13.8. The van der Waals surface area contributed by atoms with Crippen LogP contribution in [0.3, 0.4) is 0 Å². The first-order chi connectivity index (χ1) is 8.99. The second-order valence-corrected chi connectivity index (χ2v) is 5.35. The number of carbonyl (C=O) groups is 2. The molecule has 1 saturated heterocycles. The summed E-state index contributed by atoms with van der Waals surface area (Å²) >= 11 is 3.06. The molecule has 1 aromatic heterocycles. The van der Waals surface area contributed by atoms with Gasteiger partial charge in [-0.25, -0.2) is 0 Å². The van der Waals surface area contributed by atoms with E-state index in [4.69, 9.17) is 5.11 Å². The van der Waals surface area contributed by atoms with Crippen molar-refractivity contribution in [3.05, 3.63) is 32.7 Å². The van der Waals surface area contributed by atoms with Crippen LogP contribution in [0.15, 0.2) is 21.5 Å². The Morgan fingerprint density at radius 3 is 2.84 bits per heavy atom. The van der Waals surface area contributed by atoms with Crippen molar-refractivity contribution in [2.75, 3.05) is 13.1 Å². The molecule has 0 bridgehead atoms. The number of nitrogens with one attached hydrogen (secondary N) is 1. The maximum Gasteiger partial charge on any atom is 0.308 e. The molecule has 0 radical (unpaired) electrons. The van der Waals surface area contributed by atoms with Gasteiger partial charge in [0.15, 0.2) is 0 Å². The zero-order valence-electron chi connectivity index (χ0n) is 10.1. The van der Waals surface area contributed by atoms with Crippen LogP contribution in [0, 0.1) is 5.92 Å². The fraction of sp³-hybridized carbons (Fsp3) is 0.417. The number of carbonyl (C=O) groups excluding carboxylic acids is 1. The third-order valence-corrected chi connectivity index (χ3v) is 3.75. The fourth-order valence-electron chi connectivity index (χ4n) is 2.13. The van der Waals surface area contributed by atoms with E-state index in [2.05, 4.69) is 20.9 Å². The number of H-pyrrole nitrogens is 1. The normalized spacial score (nSPS) is 19.2. The van der Waals surface area contributed by atoms with Gasteiger partial charge in [-0.05, 0) is 34.8 Å². The fourth-order valence-corrected chi connectivity index (χ4v) is 2.49. The minimum Gasteiger partial charge on any atom is -0.481 e. The van der Waals surface area contributed by atoms with Gasteiger partial charge in [0.1, 0.15) is 0 Å². The van der Waals surface area contributed by atoms with E-state index in [1.54, 1.807) is 0 Å². The second-order valence-electron chi connectivity index (χ2n) is 4.49. The molecule has 1 atom stereocenters. The molecule has 2 N–H and O–H groups in total. The number of aromatic amines is 1. The average molecular weight is 329 g/mol. The lowest BCUT2D eigenvalue weighted by molar-refractivity contribution is -0.143. The highest BCUT2D eigenvalue weighted by Crippen LogP contribution is 2.19. The van der Waals surface area contributed by atoms with Crippen LogP contribution >= 0.6 is 15.9 Å². The molecule has 1 amide bonds. The minimum absolute atomic E-state index is 0.213. The van der Waals surface area contributed by atoms with Crippen molar-refractivity contribution in [1.29, 1.82) is 0 Å². The summed E-state index contributed by atoms with van der Waals surface area (Å²) in [6.45, 7) is 0.754. The van der Waals surface area contributed by atoms with Crippen LogP contribution in [0.5, 0.6) is 0 Å². The maximum absolute atomic E-state index is 12.2. The topological polar surface area (TPSA) is 90.5 Å². The van der Waals surface area contributed by atoms with Crippen molar-refractivity contribution >= 4 is 27.8 Å². The molecular weight excluding hydrogens is 316 g/mol. The van der Waals surface area contributed by atoms with E-state index >= 15 is 0 Å². The third kappa shape index (κ3) is 3.04. The van der Waals surface area contributed by atoms with Crippen LogP contribution in [-0.2, 0) is 4.79 Å². The summed E-state index contributed by atoms with van der Waals surface area (Å²) in [5, 5.41) is 9.00. The molecule has 0 aliphatic carbocycles. The van der Waals surface area contributed by atoms with E-state index in [-0.39, 0.29) is 22.5 Å². The van der Waals surface area contributed by atoms with Gasteiger partial charge in [-0.1, -0.05) is 0 Å². The minimum atomic E-state index is -0.875. The molecule has 0 aromatic carbocycles. The number of pyridine rings is 1. The molecule has 6 nitrogen and oxygen atoms in total. The van der Waals surface area contributed by atoms with Crippen molar-refractivity contribution in [1.82, 2.24) is 9.88 Å². The Hall–Kier alpha value is -1.63. The summed E-state index contributed by atoms with van der Waals surface area (Å²) in [5.41, 5.74) is 0.0381. The molecule has 19 heavy (non-hydrogen) atoms. The quantitative estimate of drug-likeness (QED) is 0.849. The van der Waals surface area contributed by atoms with Gasteiger partial charge in [0.25, 0.3) is 11.5 Å². The van der Waals surface area contributed by atoms with E-state index in [9.17, 15) is 14.4 Å². The summed E-state index contributed by atoms with van der Waals surface area (Å²) in [7, 11) is 0. The third-order valence-electron chi connectivity index (χ3n) is 3.16. The molecular formula is C12H13BrN2O4. The van der Waals surface area contributed by atoms with Crippen LogP contribution in [0.1, 0.15) is 23.2 Å². The smallest absolute Gasteiger partial charge is 0.308 e. The van der Waals surface area contributed by atoms with Crippen molar-refractivity contribution in [3.8, 4) is 0 Å². The van der Waals surface area contributed by atoms with Gasteiger partial charge in [0.05, 0.1) is 16.0 Å². The van der Waals surface area contributed by atoms with Crippen molar-refractivity contribution in [2.45, 2.75) is 12.8 Å². The standard InChI is InChI=1S/C12H13BrN2O4/c13-9-4-8(5-14-10(9)16)11(17)15-3-1-2-7(6-15)12(18)19/h4-5,7H,1-3,6H2,(H,14,16)(H,18,19). The number of aliphatic carboxylic acids is 1. The van der Waals surface area contributed by atoms with Gasteiger partial charge >= 0.3 is 5.97 Å². The summed E-state index contributed by atoms with van der Waals surface area (Å²) in [4.78, 5) is 38.4. The number of hydrogen-bond donors (Lipinski definition) is 2. The highest BCUT2D eigenvalue weighted by atomic mass is 79.9. The number of likely N-dealkylation sites (tertiary alicyclic amines) is 1. The molecule has 1 aliphatic rings. The highest BCUT2D eigenvalue weighted by Gasteiger charge is 2.28. The Bertz CT molecular complexity index is 569. The number of carboxylic acid groups (broad SMARTS) is 1. The van der Waals surface area contributed by atoms with Crippen LogP contribution < -0.4 is 5.56 Å². The van der Waals surface area contributed by atoms with Crippen LogP contribution in [-0.4, -0.2) is 40.0 Å². The number of hydrogen-bond acceptors (Lipinski definition) is 3. The van der Waals surface area contributed by atoms with E-state index in [1.807, 2.05) is 0 Å². The van der Waals surface area contributed by atoms with E-state index in [0.29, 0.717) is 24.9 Å². The number of carboxylic acids is 1. The predicted octanol–water partition coefficient (Wildman–Crippen LogP) is 1.07. The first-order valence-corrected chi connectivity index (χ1v) is 6.68. The van der Waals surface area contributed by atoms with Gasteiger partial charge in [0, 0.05) is 19.3 Å². The Labute approximate surface area is 117 Å². The molecule has 7 heteroatoms. The van der Waals surface area contributed by atoms with Gasteiger partial charge < -0.3 is 15.0 Å².